The van der Waals surface area contributed by atoms with E-state index in [0.29, 0.717) is 19.3 Å². The Morgan fingerprint density at radius 3 is 2.44 bits per heavy atom. The van der Waals surface area contributed by atoms with Gasteiger partial charge in [-0.25, -0.2) is 0 Å². The molecule has 0 bridgehead atoms. The summed E-state index contributed by atoms with van der Waals surface area (Å²) in [7, 11) is 0. The molecular formula is C15H20O3. The number of ether oxygens (including phenoxy) is 1. The molecule has 3 nitrogen and oxygen atoms in total. The van der Waals surface area contributed by atoms with Gasteiger partial charge in [-0.2, -0.15) is 0 Å². The van der Waals surface area contributed by atoms with Crippen molar-refractivity contribution < 1.29 is 14.3 Å². The van der Waals surface area contributed by atoms with E-state index >= 15 is 0 Å². The van der Waals surface area contributed by atoms with E-state index in [1.165, 1.54) is 12.5 Å². The summed E-state index contributed by atoms with van der Waals surface area (Å²) in [5, 5.41) is 0. The number of carbonyl (C=O) groups is 2. The second-order valence-electron chi connectivity index (χ2n) is 4.91. The fourth-order valence-electron chi connectivity index (χ4n) is 2.02. The highest BCUT2D eigenvalue weighted by molar-refractivity contribution is 5.66. The Morgan fingerprint density at radius 1 is 1.33 bits per heavy atom. The number of rotatable bonds is 6. The monoisotopic (exact) mass is 248 g/mol. The minimum Gasteiger partial charge on any atom is -0.459 e. The molecule has 0 aromatic heterocycles. The quantitative estimate of drug-likeness (QED) is 0.574. The summed E-state index contributed by atoms with van der Waals surface area (Å²) < 4.78 is 5.38. The molecule has 0 saturated carbocycles. The molecule has 0 amide bonds. The van der Waals surface area contributed by atoms with Crippen molar-refractivity contribution in [2.75, 3.05) is 0 Å². The average Bonchev–Trinajstić information content (AvgIpc) is 2.29. The van der Waals surface area contributed by atoms with Gasteiger partial charge in [0.2, 0.25) is 0 Å². The zero-order chi connectivity index (χ0) is 13.6. The van der Waals surface area contributed by atoms with Crippen LogP contribution in [0.3, 0.4) is 0 Å². The summed E-state index contributed by atoms with van der Waals surface area (Å²) >= 11 is 0. The molecule has 1 rings (SSSR count). The Bertz CT molecular complexity index is 408. The second kappa shape index (κ2) is 6.34. The number of hydrogen-bond acceptors (Lipinski definition) is 3. The standard InChI is InChI=1S/C15H20O3/c1-12-5-7-14(8-6-12)11-15(3,9-4-10-16)18-13(2)17/h5-8,10H,4,9,11H2,1-3H3. The second-order valence-corrected chi connectivity index (χ2v) is 4.91. The molecule has 0 aliphatic heterocycles. The molecule has 0 fully saturated rings. The number of aryl methyl sites for hydroxylation is 1. The van der Waals surface area contributed by atoms with Gasteiger partial charge in [-0.3, -0.25) is 4.79 Å². The van der Waals surface area contributed by atoms with E-state index in [2.05, 4.69) is 0 Å². The van der Waals surface area contributed by atoms with Crippen molar-refractivity contribution in [2.45, 2.75) is 45.6 Å². The zero-order valence-corrected chi connectivity index (χ0v) is 11.2. The van der Waals surface area contributed by atoms with Crippen LogP contribution in [0.5, 0.6) is 0 Å². The highest BCUT2D eigenvalue weighted by Crippen LogP contribution is 2.23. The van der Waals surface area contributed by atoms with Gasteiger partial charge in [-0.1, -0.05) is 29.8 Å². The molecule has 0 N–H and O–H groups in total. The normalized spacial score (nSPS) is 13.7. The van der Waals surface area contributed by atoms with Gasteiger partial charge in [0.15, 0.2) is 0 Å². The third kappa shape index (κ3) is 4.70. The average molecular weight is 248 g/mol. The van der Waals surface area contributed by atoms with Crippen LogP contribution in [0.15, 0.2) is 24.3 Å². The van der Waals surface area contributed by atoms with Gasteiger partial charge >= 0.3 is 5.97 Å². The van der Waals surface area contributed by atoms with Crippen molar-refractivity contribution in [3.8, 4) is 0 Å². The minimum absolute atomic E-state index is 0.310. The van der Waals surface area contributed by atoms with Gasteiger partial charge in [0, 0.05) is 19.8 Å². The zero-order valence-electron chi connectivity index (χ0n) is 11.2. The lowest BCUT2D eigenvalue weighted by atomic mass is 9.91. The molecule has 0 saturated heterocycles. The Labute approximate surface area is 108 Å². The summed E-state index contributed by atoms with van der Waals surface area (Å²) in [6, 6.07) is 8.11. The molecule has 0 spiro atoms. The van der Waals surface area contributed by atoms with E-state index in [4.69, 9.17) is 4.74 Å². The van der Waals surface area contributed by atoms with Crippen molar-refractivity contribution >= 4 is 12.3 Å². The van der Waals surface area contributed by atoms with Crippen LogP contribution in [-0.4, -0.2) is 17.9 Å². The maximum absolute atomic E-state index is 11.2. The molecular weight excluding hydrogens is 228 g/mol. The Morgan fingerprint density at radius 2 is 1.94 bits per heavy atom. The Balaban J connectivity index is 2.79. The number of aldehydes is 1. The molecule has 3 heteroatoms. The van der Waals surface area contributed by atoms with Gasteiger partial charge in [0.25, 0.3) is 0 Å². The highest BCUT2D eigenvalue weighted by Gasteiger charge is 2.27. The van der Waals surface area contributed by atoms with Gasteiger partial charge in [0.1, 0.15) is 11.9 Å². The summed E-state index contributed by atoms with van der Waals surface area (Å²) in [6.07, 6.45) is 2.43. The lowest BCUT2D eigenvalue weighted by Crippen LogP contribution is -2.33. The minimum atomic E-state index is -0.609. The van der Waals surface area contributed by atoms with Crippen LogP contribution in [0.1, 0.15) is 37.8 Å². The molecule has 1 aromatic carbocycles. The van der Waals surface area contributed by atoms with E-state index in [1.807, 2.05) is 38.1 Å². The molecule has 1 aromatic rings. The smallest absolute Gasteiger partial charge is 0.303 e. The van der Waals surface area contributed by atoms with Crippen LogP contribution in [0.4, 0.5) is 0 Å². The first-order valence-corrected chi connectivity index (χ1v) is 6.14. The number of benzene rings is 1. The lowest BCUT2D eigenvalue weighted by molar-refractivity contribution is -0.156. The lowest BCUT2D eigenvalue weighted by Gasteiger charge is -2.28. The number of esters is 1. The van der Waals surface area contributed by atoms with Crippen LogP contribution in [-0.2, 0) is 20.7 Å². The molecule has 18 heavy (non-hydrogen) atoms. The maximum Gasteiger partial charge on any atom is 0.303 e. The van der Waals surface area contributed by atoms with Crippen molar-refractivity contribution in [3.63, 3.8) is 0 Å². The third-order valence-corrected chi connectivity index (χ3v) is 2.88. The topological polar surface area (TPSA) is 43.4 Å². The molecule has 0 heterocycles. The first-order valence-electron chi connectivity index (χ1n) is 6.14. The first kappa shape index (κ1) is 14.4. The summed E-state index contributed by atoms with van der Waals surface area (Å²) in [6.45, 7) is 5.30. The Kier molecular flexibility index (Phi) is 5.08. The molecule has 98 valence electrons. The largest absolute Gasteiger partial charge is 0.459 e. The van der Waals surface area contributed by atoms with Crippen molar-refractivity contribution in [3.05, 3.63) is 35.4 Å². The first-order chi connectivity index (χ1) is 8.45. The van der Waals surface area contributed by atoms with Crippen molar-refractivity contribution in [2.24, 2.45) is 0 Å². The van der Waals surface area contributed by atoms with Crippen LogP contribution < -0.4 is 0 Å². The van der Waals surface area contributed by atoms with Gasteiger partial charge in [0.05, 0.1) is 0 Å². The predicted molar refractivity (Wildman–Crippen MR) is 70.4 cm³/mol. The summed E-state index contributed by atoms with van der Waals surface area (Å²) in [5.74, 6) is -0.310. The van der Waals surface area contributed by atoms with E-state index in [0.717, 1.165) is 11.8 Å². The molecule has 1 atom stereocenters. The fraction of sp³-hybridized carbons (Fsp3) is 0.467. The highest BCUT2D eigenvalue weighted by atomic mass is 16.6. The maximum atomic E-state index is 11.2. The van der Waals surface area contributed by atoms with Crippen molar-refractivity contribution in [1.82, 2.24) is 0 Å². The third-order valence-electron chi connectivity index (χ3n) is 2.88. The summed E-state index contributed by atoms with van der Waals surface area (Å²) in [4.78, 5) is 21.7. The van der Waals surface area contributed by atoms with E-state index in [9.17, 15) is 9.59 Å². The van der Waals surface area contributed by atoms with E-state index in [-0.39, 0.29) is 5.97 Å². The Hall–Kier alpha value is -1.64. The molecule has 0 radical (unpaired) electrons. The van der Waals surface area contributed by atoms with Crippen molar-refractivity contribution in [1.29, 1.82) is 0 Å². The molecule has 0 aliphatic carbocycles. The summed E-state index contributed by atoms with van der Waals surface area (Å²) in [5.41, 5.74) is 1.69. The van der Waals surface area contributed by atoms with Gasteiger partial charge < -0.3 is 9.53 Å². The van der Waals surface area contributed by atoms with Crippen LogP contribution in [0, 0.1) is 6.92 Å². The molecule has 0 aliphatic rings. The van der Waals surface area contributed by atoms with E-state index < -0.39 is 5.60 Å². The number of hydrogen-bond donors (Lipinski definition) is 0. The SMILES string of the molecule is CC(=O)OC(C)(CCC=O)Cc1ccc(C)cc1. The fourth-order valence-corrected chi connectivity index (χ4v) is 2.02. The van der Waals surface area contributed by atoms with Gasteiger partial charge in [-0.05, 0) is 25.8 Å². The van der Waals surface area contributed by atoms with Crippen LogP contribution in [0.2, 0.25) is 0 Å². The van der Waals surface area contributed by atoms with Gasteiger partial charge in [-0.15, -0.1) is 0 Å². The number of carbonyl (C=O) groups excluding carboxylic acids is 2. The van der Waals surface area contributed by atoms with Crippen LogP contribution in [0.25, 0.3) is 0 Å². The van der Waals surface area contributed by atoms with E-state index in [1.54, 1.807) is 0 Å². The molecule has 1 unspecified atom stereocenters. The van der Waals surface area contributed by atoms with Crippen LogP contribution >= 0.6 is 0 Å². The predicted octanol–water partition coefficient (Wildman–Crippen LogP) is 2.84.